The number of rotatable bonds is 3. The second-order valence-electron chi connectivity index (χ2n) is 6.18. The molecule has 0 bridgehead atoms. The van der Waals surface area contributed by atoms with E-state index >= 15 is 0 Å². The van der Waals surface area contributed by atoms with E-state index < -0.39 is 0 Å². The van der Waals surface area contributed by atoms with E-state index in [1.165, 1.54) is 13.0 Å². The minimum Gasteiger partial charge on any atom is -0.371 e. The number of aryl methyl sites for hydroxylation is 1. The number of pyridine rings is 1. The van der Waals surface area contributed by atoms with Crippen LogP contribution in [0.4, 0.5) is 11.4 Å². The summed E-state index contributed by atoms with van der Waals surface area (Å²) in [6, 6.07) is 7.24. The summed E-state index contributed by atoms with van der Waals surface area (Å²) >= 11 is 0. The second kappa shape index (κ2) is 6.43. The van der Waals surface area contributed by atoms with Crippen molar-refractivity contribution in [1.82, 2.24) is 10.3 Å². The van der Waals surface area contributed by atoms with Crippen LogP contribution in [0.25, 0.3) is 10.9 Å². The van der Waals surface area contributed by atoms with Crippen molar-refractivity contribution in [2.75, 3.05) is 18.0 Å². The minimum atomic E-state index is -0.387. The largest absolute Gasteiger partial charge is 0.371 e. The maximum atomic E-state index is 11.3. The summed E-state index contributed by atoms with van der Waals surface area (Å²) in [5.74, 6) is -0.00530. The third kappa shape index (κ3) is 3.15. The highest BCUT2D eigenvalue weighted by Gasteiger charge is 2.23. The molecule has 0 atom stereocenters. The van der Waals surface area contributed by atoms with Gasteiger partial charge in [0.1, 0.15) is 0 Å². The standard InChI is InChI=1S/C17H20N4O3/c1-11-10-16(20-8-6-13(7-9-20)19-12(2)22)14-4-3-5-15(21(23)24)17(14)18-11/h3-5,10,13H,6-9H2,1-2H3,(H,19,22). The molecule has 1 amide bonds. The number of carbonyl (C=O) groups is 1. The Morgan fingerprint density at radius 2 is 2.08 bits per heavy atom. The average Bonchev–Trinajstić information content (AvgIpc) is 2.53. The monoisotopic (exact) mass is 328 g/mol. The lowest BCUT2D eigenvalue weighted by atomic mass is 10.0. The van der Waals surface area contributed by atoms with Crippen molar-refractivity contribution in [1.29, 1.82) is 0 Å². The number of para-hydroxylation sites is 1. The molecule has 0 radical (unpaired) electrons. The predicted molar refractivity (Wildman–Crippen MR) is 92.2 cm³/mol. The Morgan fingerprint density at radius 3 is 2.71 bits per heavy atom. The van der Waals surface area contributed by atoms with Gasteiger partial charge in [0, 0.05) is 48.9 Å². The first-order valence-corrected chi connectivity index (χ1v) is 8.02. The zero-order chi connectivity index (χ0) is 17.3. The van der Waals surface area contributed by atoms with Crippen LogP contribution in [-0.2, 0) is 4.79 Å². The van der Waals surface area contributed by atoms with Gasteiger partial charge in [0.25, 0.3) is 5.69 Å². The van der Waals surface area contributed by atoms with Crippen LogP contribution in [0.1, 0.15) is 25.5 Å². The van der Waals surface area contributed by atoms with E-state index in [0.717, 1.165) is 42.7 Å². The van der Waals surface area contributed by atoms with Crippen molar-refractivity contribution in [3.8, 4) is 0 Å². The van der Waals surface area contributed by atoms with Crippen molar-refractivity contribution in [2.45, 2.75) is 32.7 Å². The first kappa shape index (κ1) is 16.2. The smallest absolute Gasteiger partial charge is 0.295 e. The molecule has 2 aromatic rings. The molecule has 2 heterocycles. The third-order valence-electron chi connectivity index (χ3n) is 4.36. The molecule has 0 aliphatic carbocycles. The molecule has 1 aromatic heterocycles. The van der Waals surface area contributed by atoms with Crippen molar-refractivity contribution < 1.29 is 9.72 Å². The van der Waals surface area contributed by atoms with Gasteiger partial charge in [-0.3, -0.25) is 14.9 Å². The summed E-state index contributed by atoms with van der Waals surface area (Å²) in [7, 11) is 0. The van der Waals surface area contributed by atoms with E-state index in [2.05, 4.69) is 15.2 Å². The SMILES string of the molecule is CC(=O)NC1CCN(c2cc(C)nc3c([N+](=O)[O-])cccc23)CC1. The number of amides is 1. The zero-order valence-electron chi connectivity index (χ0n) is 13.8. The summed E-state index contributed by atoms with van der Waals surface area (Å²) in [6.07, 6.45) is 1.72. The lowest BCUT2D eigenvalue weighted by Crippen LogP contribution is -2.44. The minimum absolute atomic E-state index is 0.00530. The molecule has 24 heavy (non-hydrogen) atoms. The number of piperidine rings is 1. The van der Waals surface area contributed by atoms with Gasteiger partial charge in [-0.15, -0.1) is 0 Å². The number of nitro groups is 1. The molecule has 0 spiro atoms. The van der Waals surface area contributed by atoms with Crippen LogP contribution in [0.15, 0.2) is 24.3 Å². The number of hydrogen-bond donors (Lipinski definition) is 1. The normalized spacial score (nSPS) is 15.5. The molecule has 1 saturated heterocycles. The van der Waals surface area contributed by atoms with Gasteiger partial charge in [-0.1, -0.05) is 12.1 Å². The van der Waals surface area contributed by atoms with Gasteiger partial charge in [-0.05, 0) is 25.8 Å². The molecule has 3 rings (SSSR count). The molecule has 0 unspecified atom stereocenters. The Morgan fingerprint density at radius 1 is 1.38 bits per heavy atom. The summed E-state index contributed by atoms with van der Waals surface area (Å²) in [6.45, 7) is 4.98. The summed E-state index contributed by atoms with van der Waals surface area (Å²) in [5.41, 5.74) is 2.20. The van der Waals surface area contributed by atoms with E-state index in [9.17, 15) is 14.9 Å². The van der Waals surface area contributed by atoms with E-state index in [1.54, 1.807) is 6.07 Å². The number of benzene rings is 1. The first-order valence-electron chi connectivity index (χ1n) is 8.02. The Hall–Kier alpha value is -2.70. The highest BCUT2D eigenvalue weighted by Crippen LogP contribution is 2.33. The molecule has 7 nitrogen and oxygen atoms in total. The molecule has 1 fully saturated rings. The van der Waals surface area contributed by atoms with Crippen LogP contribution in [0.5, 0.6) is 0 Å². The quantitative estimate of drug-likeness (QED) is 0.691. The fourth-order valence-corrected chi connectivity index (χ4v) is 3.30. The molecule has 1 aliphatic heterocycles. The molecular formula is C17H20N4O3. The summed E-state index contributed by atoms with van der Waals surface area (Å²) in [4.78, 5) is 28.7. The number of anilines is 1. The van der Waals surface area contributed by atoms with Crippen LogP contribution in [0, 0.1) is 17.0 Å². The number of nitrogens with one attached hydrogen (secondary N) is 1. The molecule has 126 valence electrons. The van der Waals surface area contributed by atoms with E-state index in [4.69, 9.17) is 0 Å². The van der Waals surface area contributed by atoms with E-state index in [0.29, 0.717) is 5.52 Å². The number of nitrogens with zero attached hydrogens (tertiary/aromatic N) is 3. The number of hydrogen-bond acceptors (Lipinski definition) is 5. The molecule has 7 heteroatoms. The lowest BCUT2D eigenvalue weighted by Gasteiger charge is -2.34. The summed E-state index contributed by atoms with van der Waals surface area (Å²) in [5, 5.41) is 15.0. The van der Waals surface area contributed by atoms with Crippen molar-refractivity contribution in [3.05, 3.63) is 40.1 Å². The van der Waals surface area contributed by atoms with Crippen LogP contribution >= 0.6 is 0 Å². The topological polar surface area (TPSA) is 88.4 Å². The van der Waals surface area contributed by atoms with Gasteiger partial charge >= 0.3 is 0 Å². The number of fused-ring (bicyclic) bond motifs is 1. The Labute approximate surface area is 139 Å². The second-order valence-corrected chi connectivity index (χ2v) is 6.18. The highest BCUT2D eigenvalue weighted by molar-refractivity contribution is 5.97. The highest BCUT2D eigenvalue weighted by atomic mass is 16.6. The van der Waals surface area contributed by atoms with Gasteiger partial charge in [-0.25, -0.2) is 4.98 Å². The van der Waals surface area contributed by atoms with Crippen LogP contribution in [0.3, 0.4) is 0 Å². The van der Waals surface area contributed by atoms with E-state index in [-0.39, 0.29) is 22.6 Å². The molecule has 1 aromatic carbocycles. The van der Waals surface area contributed by atoms with Crippen LogP contribution in [-0.4, -0.2) is 34.9 Å². The first-order chi connectivity index (χ1) is 11.5. The molecule has 1 N–H and O–H groups in total. The maximum absolute atomic E-state index is 11.3. The van der Waals surface area contributed by atoms with Gasteiger partial charge in [0.15, 0.2) is 5.52 Å². The Kier molecular flexibility index (Phi) is 4.33. The van der Waals surface area contributed by atoms with Crippen molar-refractivity contribution in [2.24, 2.45) is 0 Å². The Balaban J connectivity index is 1.94. The number of non-ortho nitro benzene ring substituents is 1. The third-order valence-corrected chi connectivity index (χ3v) is 4.36. The van der Waals surface area contributed by atoms with E-state index in [1.807, 2.05) is 19.1 Å². The predicted octanol–water partition coefficient (Wildman–Crippen LogP) is 2.56. The zero-order valence-corrected chi connectivity index (χ0v) is 13.8. The number of aromatic nitrogens is 1. The maximum Gasteiger partial charge on any atom is 0.295 e. The number of carbonyl (C=O) groups excluding carboxylic acids is 1. The average molecular weight is 328 g/mol. The lowest BCUT2D eigenvalue weighted by molar-refractivity contribution is -0.383. The van der Waals surface area contributed by atoms with Gasteiger partial charge in [0.2, 0.25) is 5.91 Å². The van der Waals surface area contributed by atoms with Crippen molar-refractivity contribution >= 4 is 28.2 Å². The van der Waals surface area contributed by atoms with Crippen molar-refractivity contribution in [3.63, 3.8) is 0 Å². The Bertz CT molecular complexity index is 798. The molecule has 0 saturated carbocycles. The van der Waals surface area contributed by atoms with Crippen LogP contribution < -0.4 is 10.2 Å². The number of nitro benzene ring substituents is 1. The molecule has 1 aliphatic rings. The summed E-state index contributed by atoms with van der Waals surface area (Å²) < 4.78 is 0. The van der Waals surface area contributed by atoms with Crippen LogP contribution in [0.2, 0.25) is 0 Å². The fraction of sp³-hybridized carbons (Fsp3) is 0.412. The van der Waals surface area contributed by atoms with Gasteiger partial charge in [-0.2, -0.15) is 0 Å². The molecular weight excluding hydrogens is 308 g/mol. The van der Waals surface area contributed by atoms with Gasteiger partial charge < -0.3 is 10.2 Å². The van der Waals surface area contributed by atoms with Gasteiger partial charge in [0.05, 0.1) is 4.92 Å². The fourth-order valence-electron chi connectivity index (χ4n) is 3.30.